The van der Waals surface area contributed by atoms with Crippen LogP contribution in [-0.2, 0) is 4.79 Å². The minimum atomic E-state index is 0.293. The fourth-order valence-electron chi connectivity index (χ4n) is 3.85. The number of aryl methyl sites for hydroxylation is 1. The number of nitrogens with zero attached hydrogens (tertiary/aromatic N) is 1. The first kappa shape index (κ1) is 25.2. The van der Waals surface area contributed by atoms with Crippen LogP contribution in [0.2, 0.25) is 0 Å². The van der Waals surface area contributed by atoms with E-state index in [2.05, 4.69) is 27.5 Å². The normalized spacial score (nSPS) is 10.1. The molecule has 0 spiro atoms. The second kappa shape index (κ2) is 11.6. The largest absolute Gasteiger partial charge is 0.388 e. The Kier molecular flexibility index (Phi) is 8.35. The Labute approximate surface area is 206 Å². The maximum Gasteiger partial charge on any atom is 0.211 e. The van der Waals surface area contributed by atoms with Crippen LogP contribution in [0, 0.1) is 12.3 Å². The van der Waals surface area contributed by atoms with Crippen LogP contribution in [0.5, 0.6) is 0 Å². The molecule has 3 aromatic carbocycles. The number of carbonyl (C=O) groups is 1. The Bertz CT molecular complexity index is 1380. The number of amides is 1. The molecule has 4 rings (SSSR count). The lowest BCUT2D eigenvalue weighted by atomic mass is 9.95. The predicted molar refractivity (Wildman–Crippen MR) is 149 cm³/mol. The molecule has 1 amide bonds. The molecule has 4 aromatic rings. The second-order valence-corrected chi connectivity index (χ2v) is 7.65. The molecule has 0 fully saturated rings. The van der Waals surface area contributed by atoms with Gasteiger partial charge in [0.05, 0.1) is 11.4 Å². The van der Waals surface area contributed by atoms with Crippen molar-refractivity contribution >= 4 is 40.0 Å². The van der Waals surface area contributed by atoms with Crippen LogP contribution in [0.1, 0.15) is 25.0 Å². The molecule has 178 valence electrons. The molecule has 0 aliphatic carbocycles. The highest BCUT2D eigenvalue weighted by Gasteiger charge is 2.15. The van der Waals surface area contributed by atoms with Gasteiger partial charge in [-0.25, -0.2) is 0 Å². The lowest BCUT2D eigenvalue weighted by Gasteiger charge is -2.17. The van der Waals surface area contributed by atoms with Crippen molar-refractivity contribution in [1.29, 1.82) is 5.41 Å². The average molecular weight is 466 g/mol. The molecule has 4 N–H and O–H groups in total. The number of allylic oxidation sites excluding steroid dienone is 1. The fourth-order valence-corrected chi connectivity index (χ4v) is 3.85. The van der Waals surface area contributed by atoms with Crippen molar-refractivity contribution in [2.24, 2.45) is 0 Å². The number of pyridine rings is 1. The van der Waals surface area contributed by atoms with Gasteiger partial charge in [0.2, 0.25) is 6.41 Å². The van der Waals surface area contributed by atoms with Gasteiger partial charge >= 0.3 is 0 Å². The van der Waals surface area contributed by atoms with Crippen LogP contribution >= 0.6 is 0 Å². The van der Waals surface area contributed by atoms with Gasteiger partial charge < -0.3 is 16.0 Å². The number of carbonyl (C=O) groups excluding carboxylic acids is 1. The molecule has 1 heterocycles. The van der Waals surface area contributed by atoms with Gasteiger partial charge in [-0.1, -0.05) is 56.8 Å². The summed E-state index contributed by atoms with van der Waals surface area (Å²) < 4.78 is 0. The van der Waals surface area contributed by atoms with E-state index in [4.69, 9.17) is 5.41 Å². The van der Waals surface area contributed by atoms with Crippen LogP contribution in [-0.4, -0.2) is 24.2 Å². The first-order valence-electron chi connectivity index (χ1n) is 11.5. The number of anilines is 3. The highest BCUT2D eigenvalue weighted by Crippen LogP contribution is 2.34. The maximum atomic E-state index is 11.0. The lowest BCUT2D eigenvalue weighted by molar-refractivity contribution is -0.105. The Balaban J connectivity index is 0.00000167. The van der Waals surface area contributed by atoms with E-state index < -0.39 is 0 Å². The molecular formula is C29H31N5O. The average Bonchev–Trinajstić information content (AvgIpc) is 2.90. The highest BCUT2D eigenvalue weighted by atomic mass is 16.1. The van der Waals surface area contributed by atoms with Gasteiger partial charge in [0.1, 0.15) is 0 Å². The van der Waals surface area contributed by atoms with Crippen LogP contribution in [0.4, 0.5) is 17.1 Å². The molecule has 0 bridgehead atoms. The molecule has 0 saturated carbocycles. The van der Waals surface area contributed by atoms with E-state index in [-0.39, 0.29) is 0 Å². The van der Waals surface area contributed by atoms with Gasteiger partial charge in [-0.2, -0.15) is 0 Å². The van der Waals surface area contributed by atoms with Gasteiger partial charge in [0.25, 0.3) is 0 Å². The smallest absolute Gasteiger partial charge is 0.211 e. The summed E-state index contributed by atoms with van der Waals surface area (Å²) in [4.78, 5) is 15.4. The Hall–Kier alpha value is -4.45. The quantitative estimate of drug-likeness (QED) is 0.169. The van der Waals surface area contributed by atoms with Crippen molar-refractivity contribution in [2.75, 3.05) is 23.0 Å². The van der Waals surface area contributed by atoms with Crippen molar-refractivity contribution < 1.29 is 4.79 Å². The molecule has 6 heteroatoms. The molecule has 0 unspecified atom stereocenters. The third kappa shape index (κ3) is 5.38. The fraction of sp³-hybridized carbons (Fsp3) is 0.138. The molecule has 0 atom stereocenters. The van der Waals surface area contributed by atoms with Gasteiger partial charge in [0.15, 0.2) is 0 Å². The van der Waals surface area contributed by atoms with Crippen molar-refractivity contribution in [3.8, 4) is 11.1 Å². The maximum absolute atomic E-state index is 11.0. The first-order valence-corrected chi connectivity index (χ1v) is 11.5. The summed E-state index contributed by atoms with van der Waals surface area (Å²) >= 11 is 0. The Morgan fingerprint density at radius 3 is 2.40 bits per heavy atom. The van der Waals surface area contributed by atoms with Crippen LogP contribution < -0.4 is 16.0 Å². The zero-order valence-corrected chi connectivity index (χ0v) is 20.6. The molecular weight excluding hydrogens is 434 g/mol. The third-order valence-electron chi connectivity index (χ3n) is 5.62. The molecule has 35 heavy (non-hydrogen) atoms. The van der Waals surface area contributed by atoms with E-state index in [0.717, 1.165) is 44.4 Å². The Morgan fingerprint density at radius 2 is 1.69 bits per heavy atom. The number of hydrogen-bond acceptors (Lipinski definition) is 5. The minimum absolute atomic E-state index is 0.293. The minimum Gasteiger partial charge on any atom is -0.388 e. The van der Waals surface area contributed by atoms with Crippen LogP contribution in [0.15, 0.2) is 85.3 Å². The zero-order valence-electron chi connectivity index (χ0n) is 20.6. The summed E-state index contributed by atoms with van der Waals surface area (Å²) in [5.41, 5.74) is 6.88. The molecule has 6 nitrogen and oxygen atoms in total. The number of nitrogens with one attached hydrogen (secondary N) is 4. The predicted octanol–water partition coefficient (Wildman–Crippen LogP) is 6.84. The van der Waals surface area contributed by atoms with Crippen molar-refractivity contribution in [3.05, 3.63) is 96.5 Å². The topological polar surface area (TPSA) is 89.9 Å². The summed E-state index contributed by atoms with van der Waals surface area (Å²) in [5, 5.41) is 19.8. The number of para-hydroxylation sites is 1. The third-order valence-corrected chi connectivity index (χ3v) is 5.62. The number of aromatic nitrogens is 1. The molecule has 0 aliphatic heterocycles. The second-order valence-electron chi connectivity index (χ2n) is 7.65. The van der Waals surface area contributed by atoms with Gasteiger partial charge in [0, 0.05) is 53.0 Å². The van der Waals surface area contributed by atoms with Gasteiger partial charge in [-0.15, -0.1) is 0 Å². The lowest BCUT2D eigenvalue weighted by Crippen LogP contribution is -2.13. The van der Waals surface area contributed by atoms with E-state index >= 15 is 0 Å². The number of rotatable bonds is 8. The molecule has 0 aliphatic rings. The standard InChI is InChI=1S/C27H25N5O.C2H6/c1-17-7-4-5-9-24(17)32-18(2)27(28)21-13-19(11-12-25(21)29-3)22-14-30-15-23-20(22)8-6-10-26(23)31-16-33;1-2/h4-16,28-29,32H,2H2,1,3H3,(H,31,33);1-2H3. The van der Waals surface area contributed by atoms with Crippen molar-refractivity contribution in [3.63, 3.8) is 0 Å². The summed E-state index contributed by atoms with van der Waals surface area (Å²) in [6.07, 6.45) is 4.20. The summed E-state index contributed by atoms with van der Waals surface area (Å²) in [6, 6.07) is 19.6. The summed E-state index contributed by atoms with van der Waals surface area (Å²) in [7, 11) is 1.83. The number of benzene rings is 3. The van der Waals surface area contributed by atoms with E-state index in [1.165, 1.54) is 0 Å². The van der Waals surface area contributed by atoms with E-state index in [1.54, 1.807) is 12.4 Å². The van der Waals surface area contributed by atoms with Crippen LogP contribution in [0.25, 0.3) is 21.9 Å². The zero-order chi connectivity index (χ0) is 25.4. The van der Waals surface area contributed by atoms with Crippen LogP contribution in [0.3, 0.4) is 0 Å². The van der Waals surface area contributed by atoms with E-state index in [9.17, 15) is 4.79 Å². The van der Waals surface area contributed by atoms with Gasteiger partial charge in [-0.05, 0) is 47.7 Å². The highest BCUT2D eigenvalue weighted by molar-refractivity contribution is 6.16. The number of fused-ring (bicyclic) bond motifs is 1. The molecule has 0 radical (unpaired) electrons. The summed E-state index contributed by atoms with van der Waals surface area (Å²) in [5.74, 6) is 0. The SMILES string of the molecule is C=C(Nc1ccccc1C)C(=N)c1cc(-c2cncc3c(NC=O)cccc23)ccc1NC.CC. The van der Waals surface area contributed by atoms with E-state index in [0.29, 0.717) is 23.5 Å². The molecule has 1 aromatic heterocycles. The summed E-state index contributed by atoms with van der Waals surface area (Å²) in [6.45, 7) is 10.1. The number of hydrogen-bond donors (Lipinski definition) is 4. The van der Waals surface area contributed by atoms with Crippen molar-refractivity contribution in [2.45, 2.75) is 20.8 Å². The van der Waals surface area contributed by atoms with E-state index in [1.807, 2.05) is 88.5 Å². The monoisotopic (exact) mass is 465 g/mol. The Morgan fingerprint density at radius 1 is 0.943 bits per heavy atom. The van der Waals surface area contributed by atoms with Crippen molar-refractivity contribution in [1.82, 2.24) is 4.98 Å². The first-order chi connectivity index (χ1) is 17.0. The van der Waals surface area contributed by atoms with Gasteiger partial charge in [-0.3, -0.25) is 15.2 Å². The molecule has 0 saturated heterocycles.